The summed E-state index contributed by atoms with van der Waals surface area (Å²) >= 11 is 1.85. The lowest BCUT2D eigenvalue weighted by Gasteiger charge is -2.23. The normalized spacial score (nSPS) is 25.6. The van der Waals surface area contributed by atoms with Crippen LogP contribution in [0.5, 0.6) is 0 Å². The van der Waals surface area contributed by atoms with Crippen molar-refractivity contribution < 1.29 is 0 Å². The number of likely N-dealkylation sites (N-methyl/N-ethyl adjacent to an activating group) is 1. The molecule has 0 aromatic carbocycles. The van der Waals surface area contributed by atoms with Gasteiger partial charge in [0.2, 0.25) is 0 Å². The highest BCUT2D eigenvalue weighted by Gasteiger charge is 2.30. The van der Waals surface area contributed by atoms with Gasteiger partial charge in [0, 0.05) is 29.9 Å². The van der Waals surface area contributed by atoms with Gasteiger partial charge in [-0.05, 0) is 39.3 Å². The molecule has 1 atom stereocenters. The van der Waals surface area contributed by atoms with E-state index in [-0.39, 0.29) is 0 Å². The van der Waals surface area contributed by atoms with Crippen molar-refractivity contribution in [3.63, 3.8) is 0 Å². The van der Waals surface area contributed by atoms with Crippen molar-refractivity contribution in [2.45, 2.75) is 44.2 Å². The second-order valence-electron chi connectivity index (χ2n) is 5.26. The average Bonchev–Trinajstić information content (AvgIpc) is 2.92. The van der Waals surface area contributed by atoms with E-state index in [2.05, 4.69) is 22.2 Å². The number of thiazole rings is 1. The van der Waals surface area contributed by atoms with Crippen LogP contribution in [0.1, 0.15) is 42.2 Å². The van der Waals surface area contributed by atoms with E-state index < -0.39 is 0 Å². The smallest absolute Gasteiger partial charge is 0.0798 e. The molecular formula is C13H21N3S. The van der Waals surface area contributed by atoms with Crippen LogP contribution in [0.3, 0.4) is 0 Å². The zero-order valence-corrected chi connectivity index (χ0v) is 11.3. The zero-order chi connectivity index (χ0) is 11.7. The predicted octanol–water partition coefficient (Wildman–Crippen LogP) is 2.20. The minimum atomic E-state index is 0.731. The molecule has 3 rings (SSSR count). The summed E-state index contributed by atoms with van der Waals surface area (Å²) in [4.78, 5) is 8.73. The highest BCUT2D eigenvalue weighted by molar-refractivity contribution is 7.09. The van der Waals surface area contributed by atoms with E-state index in [1.54, 1.807) is 0 Å². The van der Waals surface area contributed by atoms with E-state index in [0.29, 0.717) is 0 Å². The molecule has 1 aromatic heterocycles. The summed E-state index contributed by atoms with van der Waals surface area (Å²) in [7, 11) is 2.05. The molecule has 1 unspecified atom stereocenters. The number of nitrogens with zero attached hydrogens (tertiary/aromatic N) is 2. The van der Waals surface area contributed by atoms with Gasteiger partial charge in [0.1, 0.15) is 0 Å². The molecule has 3 nitrogen and oxygen atoms in total. The molecule has 1 saturated carbocycles. The first-order valence-electron chi connectivity index (χ1n) is 6.69. The zero-order valence-electron chi connectivity index (χ0n) is 10.5. The average molecular weight is 251 g/mol. The molecule has 2 fully saturated rings. The molecule has 1 N–H and O–H groups in total. The third kappa shape index (κ3) is 2.54. The SMILES string of the molecule is CNCC1CCCN1Cc1scnc1C1CC1. The van der Waals surface area contributed by atoms with Crippen molar-refractivity contribution in [2.24, 2.45) is 0 Å². The first kappa shape index (κ1) is 11.6. The molecule has 2 aliphatic rings. The largest absolute Gasteiger partial charge is 0.318 e. The second kappa shape index (κ2) is 5.04. The van der Waals surface area contributed by atoms with Gasteiger partial charge in [-0.2, -0.15) is 0 Å². The Bertz CT molecular complexity index is 372. The summed E-state index contributed by atoms with van der Waals surface area (Å²) in [5.74, 6) is 0.793. The van der Waals surface area contributed by atoms with E-state index in [9.17, 15) is 0 Å². The Hall–Kier alpha value is -0.450. The van der Waals surface area contributed by atoms with Gasteiger partial charge in [-0.15, -0.1) is 11.3 Å². The van der Waals surface area contributed by atoms with Crippen molar-refractivity contribution in [1.82, 2.24) is 15.2 Å². The van der Waals surface area contributed by atoms with Crippen LogP contribution in [0.2, 0.25) is 0 Å². The molecule has 1 aliphatic heterocycles. The van der Waals surface area contributed by atoms with Crippen LogP contribution < -0.4 is 5.32 Å². The third-order valence-electron chi connectivity index (χ3n) is 3.92. The maximum Gasteiger partial charge on any atom is 0.0798 e. The van der Waals surface area contributed by atoms with Gasteiger partial charge in [-0.1, -0.05) is 0 Å². The summed E-state index contributed by atoms with van der Waals surface area (Å²) in [5, 5.41) is 3.32. The number of hydrogen-bond acceptors (Lipinski definition) is 4. The molecule has 0 spiro atoms. The fraction of sp³-hybridized carbons (Fsp3) is 0.769. The number of nitrogens with one attached hydrogen (secondary N) is 1. The van der Waals surface area contributed by atoms with Gasteiger partial charge < -0.3 is 5.32 Å². The van der Waals surface area contributed by atoms with Crippen LogP contribution in [-0.2, 0) is 6.54 Å². The van der Waals surface area contributed by atoms with E-state index >= 15 is 0 Å². The first-order chi connectivity index (χ1) is 8.38. The molecule has 4 heteroatoms. The maximum atomic E-state index is 4.57. The molecule has 0 amide bonds. The molecule has 0 radical (unpaired) electrons. The maximum absolute atomic E-state index is 4.57. The Kier molecular flexibility index (Phi) is 3.45. The van der Waals surface area contributed by atoms with Crippen LogP contribution in [0.15, 0.2) is 5.51 Å². The number of aromatic nitrogens is 1. The van der Waals surface area contributed by atoms with Crippen molar-refractivity contribution in [2.75, 3.05) is 20.1 Å². The Morgan fingerprint density at radius 3 is 3.12 bits per heavy atom. The van der Waals surface area contributed by atoms with Gasteiger partial charge in [0.05, 0.1) is 11.2 Å². The van der Waals surface area contributed by atoms with Crippen LogP contribution >= 0.6 is 11.3 Å². The summed E-state index contributed by atoms with van der Waals surface area (Å²) < 4.78 is 0. The minimum Gasteiger partial charge on any atom is -0.318 e. The lowest BCUT2D eigenvalue weighted by atomic mass is 10.2. The highest BCUT2D eigenvalue weighted by Crippen LogP contribution is 2.42. The van der Waals surface area contributed by atoms with Crippen molar-refractivity contribution in [3.05, 3.63) is 16.1 Å². The van der Waals surface area contributed by atoms with E-state index in [1.165, 1.54) is 42.8 Å². The van der Waals surface area contributed by atoms with Gasteiger partial charge in [0.25, 0.3) is 0 Å². The topological polar surface area (TPSA) is 28.2 Å². The Balaban J connectivity index is 1.66. The molecule has 1 saturated heterocycles. The Morgan fingerprint density at radius 2 is 2.35 bits per heavy atom. The van der Waals surface area contributed by atoms with Gasteiger partial charge in [0.15, 0.2) is 0 Å². The quantitative estimate of drug-likeness (QED) is 0.869. The third-order valence-corrected chi connectivity index (χ3v) is 4.76. The van der Waals surface area contributed by atoms with E-state index in [1.807, 2.05) is 16.8 Å². The second-order valence-corrected chi connectivity index (χ2v) is 6.20. The molecule has 17 heavy (non-hydrogen) atoms. The van der Waals surface area contributed by atoms with Crippen molar-refractivity contribution in [1.29, 1.82) is 0 Å². The molecular weight excluding hydrogens is 230 g/mol. The Labute approximate surface area is 107 Å². The molecule has 1 aliphatic carbocycles. The van der Waals surface area contributed by atoms with Crippen LogP contribution in [-0.4, -0.2) is 36.1 Å². The number of likely N-dealkylation sites (tertiary alicyclic amines) is 1. The fourth-order valence-electron chi connectivity index (χ4n) is 2.84. The summed E-state index contributed by atoms with van der Waals surface area (Å²) in [6, 6.07) is 0.731. The minimum absolute atomic E-state index is 0.731. The van der Waals surface area contributed by atoms with Gasteiger partial charge >= 0.3 is 0 Å². The summed E-state index contributed by atoms with van der Waals surface area (Å²) in [5.41, 5.74) is 3.44. The highest BCUT2D eigenvalue weighted by atomic mass is 32.1. The van der Waals surface area contributed by atoms with Gasteiger partial charge in [-0.25, -0.2) is 4.98 Å². The monoisotopic (exact) mass is 251 g/mol. The molecule has 0 bridgehead atoms. The fourth-order valence-corrected chi connectivity index (χ4v) is 3.72. The lowest BCUT2D eigenvalue weighted by molar-refractivity contribution is 0.243. The van der Waals surface area contributed by atoms with Crippen molar-refractivity contribution in [3.8, 4) is 0 Å². The lowest BCUT2D eigenvalue weighted by Crippen LogP contribution is -2.36. The molecule has 1 aromatic rings. The number of hydrogen-bond donors (Lipinski definition) is 1. The van der Waals surface area contributed by atoms with E-state index in [4.69, 9.17) is 0 Å². The van der Waals surface area contributed by atoms with Gasteiger partial charge in [-0.3, -0.25) is 4.90 Å². The molecule has 2 heterocycles. The number of rotatable bonds is 5. The van der Waals surface area contributed by atoms with E-state index in [0.717, 1.165) is 25.0 Å². The standard InChI is InChI=1S/C13H21N3S/c1-14-7-11-3-2-6-16(11)8-12-13(10-4-5-10)15-9-17-12/h9-11,14H,2-8H2,1H3. The summed E-state index contributed by atoms with van der Waals surface area (Å²) in [6.45, 7) is 3.51. The van der Waals surface area contributed by atoms with Crippen molar-refractivity contribution >= 4 is 11.3 Å². The van der Waals surface area contributed by atoms with Crippen LogP contribution in [0.25, 0.3) is 0 Å². The Morgan fingerprint density at radius 1 is 1.47 bits per heavy atom. The van der Waals surface area contributed by atoms with Crippen LogP contribution in [0.4, 0.5) is 0 Å². The molecule has 94 valence electrons. The summed E-state index contributed by atoms with van der Waals surface area (Å²) in [6.07, 6.45) is 5.41. The van der Waals surface area contributed by atoms with Crippen LogP contribution in [0, 0.1) is 0 Å². The predicted molar refractivity (Wildman–Crippen MR) is 71.4 cm³/mol. The first-order valence-corrected chi connectivity index (χ1v) is 7.57.